The van der Waals surface area contributed by atoms with Crippen LogP contribution in [0.15, 0.2) is 72.8 Å². The minimum absolute atomic E-state index is 0.00555. The number of aryl methyl sites for hydroxylation is 1. The Kier molecular flexibility index (Phi) is 7.52. The fraction of sp³-hybridized carbons (Fsp3) is 0.136. The quantitative estimate of drug-likeness (QED) is 0.487. The molecule has 0 aliphatic heterocycles. The summed E-state index contributed by atoms with van der Waals surface area (Å²) in [4.78, 5) is 12.4. The van der Waals surface area contributed by atoms with Gasteiger partial charge in [-0.25, -0.2) is 0 Å². The molecule has 0 aliphatic carbocycles. The molecule has 0 spiro atoms. The van der Waals surface area contributed by atoms with Crippen LogP contribution in [0.5, 0.6) is 17.2 Å². The van der Waals surface area contributed by atoms with Crippen molar-refractivity contribution >= 4 is 15.9 Å². The summed E-state index contributed by atoms with van der Waals surface area (Å²) < 4.78 is 36.8. The van der Waals surface area contributed by atoms with Crippen LogP contribution >= 0.6 is 0 Å². The second kappa shape index (κ2) is 9.86. The third kappa shape index (κ3) is 7.77. The summed E-state index contributed by atoms with van der Waals surface area (Å²) in [6.45, 7) is 2.00. The number of hydrogen-bond donors (Lipinski definition) is 1. The van der Waals surface area contributed by atoms with Gasteiger partial charge >= 0.3 is 0 Å². The second-order valence-corrected chi connectivity index (χ2v) is 7.70. The molecule has 0 bridgehead atoms. The van der Waals surface area contributed by atoms with Crippen LogP contribution in [-0.2, 0) is 10.1 Å². The number of ether oxygens (including phenoxy) is 2. The fourth-order valence-corrected chi connectivity index (χ4v) is 2.33. The Balaban J connectivity index is 0.000000537. The summed E-state index contributed by atoms with van der Waals surface area (Å²) in [5.41, 5.74) is 2.46. The van der Waals surface area contributed by atoms with E-state index in [1.54, 1.807) is 31.4 Å². The SMILES string of the molecule is COc1ccc(Oc2ccc(C(=O)c3ccc(C)cc3)cc2)cc1.CS(=O)(=O)O. The molecule has 0 radical (unpaired) electrons. The molecule has 3 rings (SSSR count). The van der Waals surface area contributed by atoms with Gasteiger partial charge in [0.05, 0.1) is 13.4 Å². The smallest absolute Gasteiger partial charge is 0.261 e. The summed E-state index contributed by atoms with van der Waals surface area (Å²) in [6.07, 6.45) is 0.715. The van der Waals surface area contributed by atoms with Gasteiger partial charge in [-0.3, -0.25) is 9.35 Å². The van der Waals surface area contributed by atoms with Gasteiger partial charge in [0, 0.05) is 11.1 Å². The van der Waals surface area contributed by atoms with E-state index in [1.165, 1.54) is 0 Å². The monoisotopic (exact) mass is 414 g/mol. The molecule has 0 aliphatic rings. The predicted molar refractivity (Wildman–Crippen MR) is 112 cm³/mol. The number of methoxy groups -OCH3 is 1. The molecular formula is C22H22O6S. The molecule has 152 valence electrons. The third-order valence-corrected chi connectivity index (χ3v) is 3.73. The molecular weight excluding hydrogens is 392 g/mol. The molecule has 3 aromatic rings. The second-order valence-electron chi connectivity index (χ2n) is 6.23. The first-order valence-corrected chi connectivity index (χ1v) is 10.5. The van der Waals surface area contributed by atoms with Crippen LogP contribution in [0.25, 0.3) is 0 Å². The highest BCUT2D eigenvalue weighted by Gasteiger charge is 2.09. The lowest BCUT2D eigenvalue weighted by Gasteiger charge is -2.07. The molecule has 7 heteroatoms. The van der Waals surface area contributed by atoms with Crippen LogP contribution in [0.2, 0.25) is 0 Å². The molecule has 0 amide bonds. The van der Waals surface area contributed by atoms with Crippen LogP contribution in [0.3, 0.4) is 0 Å². The average Bonchev–Trinajstić information content (AvgIpc) is 2.68. The van der Waals surface area contributed by atoms with Crippen molar-refractivity contribution in [2.45, 2.75) is 6.92 Å². The maximum atomic E-state index is 12.4. The van der Waals surface area contributed by atoms with E-state index in [-0.39, 0.29) is 5.78 Å². The number of ketones is 1. The maximum absolute atomic E-state index is 12.4. The molecule has 0 heterocycles. The van der Waals surface area contributed by atoms with E-state index in [9.17, 15) is 13.2 Å². The number of hydrogen-bond acceptors (Lipinski definition) is 5. The molecule has 0 fully saturated rings. The summed E-state index contributed by atoms with van der Waals surface area (Å²) in [5, 5.41) is 0. The fourth-order valence-electron chi connectivity index (χ4n) is 2.33. The van der Waals surface area contributed by atoms with Crippen LogP contribution in [0.1, 0.15) is 21.5 Å². The Labute approximate surface area is 170 Å². The van der Waals surface area contributed by atoms with Crippen LogP contribution < -0.4 is 9.47 Å². The summed E-state index contributed by atoms with van der Waals surface area (Å²) >= 11 is 0. The maximum Gasteiger partial charge on any atom is 0.261 e. The zero-order chi connectivity index (χ0) is 21.4. The summed E-state index contributed by atoms with van der Waals surface area (Å²) in [7, 11) is -2.04. The minimum atomic E-state index is -3.67. The minimum Gasteiger partial charge on any atom is -0.497 e. The van der Waals surface area contributed by atoms with E-state index >= 15 is 0 Å². The predicted octanol–water partition coefficient (Wildman–Crippen LogP) is 4.53. The molecule has 3 aromatic carbocycles. The molecule has 0 aromatic heterocycles. The van der Waals surface area contributed by atoms with Crippen molar-refractivity contribution in [3.63, 3.8) is 0 Å². The summed E-state index contributed by atoms with van der Waals surface area (Å²) in [5.74, 6) is 2.18. The Morgan fingerprint density at radius 2 is 1.10 bits per heavy atom. The number of carbonyl (C=O) groups excluding carboxylic acids is 1. The topological polar surface area (TPSA) is 89.9 Å². The standard InChI is InChI=1S/C21H18O3.CH4O3S/c1-15-3-5-16(6-4-15)21(22)17-7-9-19(10-8-17)24-20-13-11-18(23-2)12-14-20;1-5(2,3)4/h3-14H,1-2H3;1H3,(H,2,3,4). The number of benzene rings is 3. The molecule has 0 unspecified atom stereocenters. The molecule has 0 saturated heterocycles. The van der Waals surface area contributed by atoms with E-state index in [2.05, 4.69) is 0 Å². The normalized spacial score (nSPS) is 10.5. The van der Waals surface area contributed by atoms with Crippen molar-refractivity contribution in [3.05, 3.63) is 89.5 Å². The first-order valence-electron chi connectivity index (χ1n) is 8.61. The third-order valence-electron chi connectivity index (χ3n) is 3.73. The van der Waals surface area contributed by atoms with E-state index in [1.807, 2.05) is 55.5 Å². The van der Waals surface area contributed by atoms with Crippen molar-refractivity contribution < 1.29 is 27.2 Å². The van der Waals surface area contributed by atoms with Crippen LogP contribution in [0, 0.1) is 6.92 Å². The highest BCUT2D eigenvalue weighted by atomic mass is 32.2. The van der Waals surface area contributed by atoms with Gasteiger partial charge in [-0.15, -0.1) is 0 Å². The molecule has 6 nitrogen and oxygen atoms in total. The van der Waals surface area contributed by atoms with Gasteiger partial charge in [0.2, 0.25) is 0 Å². The molecule has 0 atom stereocenters. The first-order chi connectivity index (χ1) is 13.7. The lowest BCUT2D eigenvalue weighted by Crippen LogP contribution is -2.00. The largest absolute Gasteiger partial charge is 0.497 e. The highest BCUT2D eigenvalue weighted by molar-refractivity contribution is 7.85. The Morgan fingerprint density at radius 3 is 1.52 bits per heavy atom. The summed E-state index contributed by atoms with van der Waals surface area (Å²) in [6, 6.07) is 22.1. The lowest BCUT2D eigenvalue weighted by atomic mass is 10.0. The van der Waals surface area contributed by atoms with Crippen LogP contribution in [0.4, 0.5) is 0 Å². The Hall–Kier alpha value is -3.16. The zero-order valence-corrected chi connectivity index (χ0v) is 17.1. The Morgan fingerprint density at radius 1 is 0.759 bits per heavy atom. The van der Waals surface area contributed by atoms with E-state index < -0.39 is 10.1 Å². The Bertz CT molecular complexity index is 1030. The van der Waals surface area contributed by atoms with Crippen molar-refractivity contribution in [2.24, 2.45) is 0 Å². The van der Waals surface area contributed by atoms with E-state index in [4.69, 9.17) is 14.0 Å². The average molecular weight is 414 g/mol. The van der Waals surface area contributed by atoms with Crippen molar-refractivity contribution in [1.82, 2.24) is 0 Å². The van der Waals surface area contributed by atoms with Crippen molar-refractivity contribution in [1.29, 1.82) is 0 Å². The number of rotatable bonds is 5. The van der Waals surface area contributed by atoms with Crippen LogP contribution in [-0.4, -0.2) is 32.1 Å². The first kappa shape index (κ1) is 22.1. The van der Waals surface area contributed by atoms with Gasteiger partial charge in [-0.05, 0) is 55.5 Å². The van der Waals surface area contributed by atoms with Crippen molar-refractivity contribution in [3.8, 4) is 17.2 Å². The van der Waals surface area contributed by atoms with Gasteiger partial charge in [0.15, 0.2) is 5.78 Å². The van der Waals surface area contributed by atoms with Gasteiger partial charge in [-0.1, -0.05) is 29.8 Å². The van der Waals surface area contributed by atoms with Crippen molar-refractivity contribution in [2.75, 3.05) is 13.4 Å². The van der Waals surface area contributed by atoms with Gasteiger partial charge in [0.1, 0.15) is 17.2 Å². The van der Waals surface area contributed by atoms with Gasteiger partial charge in [-0.2, -0.15) is 8.42 Å². The molecule has 29 heavy (non-hydrogen) atoms. The van der Waals surface area contributed by atoms with Gasteiger partial charge in [0.25, 0.3) is 10.1 Å². The number of carbonyl (C=O) groups is 1. The molecule has 0 saturated carbocycles. The highest BCUT2D eigenvalue weighted by Crippen LogP contribution is 2.24. The van der Waals surface area contributed by atoms with E-state index in [0.717, 1.165) is 11.3 Å². The lowest BCUT2D eigenvalue weighted by molar-refractivity contribution is 0.103. The van der Waals surface area contributed by atoms with E-state index in [0.29, 0.717) is 28.9 Å². The molecule has 1 N–H and O–H groups in total. The van der Waals surface area contributed by atoms with Gasteiger partial charge < -0.3 is 9.47 Å². The zero-order valence-electron chi connectivity index (χ0n) is 16.3.